The molecule has 0 atom stereocenters. The van der Waals surface area contributed by atoms with Crippen LogP contribution in [0.1, 0.15) is 5.69 Å². The predicted molar refractivity (Wildman–Crippen MR) is 101 cm³/mol. The summed E-state index contributed by atoms with van der Waals surface area (Å²) in [4.78, 5) is 24.3. The Morgan fingerprint density at radius 1 is 1.35 bits per heavy atom. The first kappa shape index (κ1) is 17.7. The average Bonchev–Trinajstić information content (AvgIpc) is 2.89. The van der Waals surface area contributed by atoms with Crippen LogP contribution < -0.4 is 10.2 Å². The second-order valence-corrected chi connectivity index (χ2v) is 6.17. The maximum absolute atomic E-state index is 12.5. The van der Waals surface area contributed by atoms with Crippen molar-refractivity contribution in [2.75, 3.05) is 17.3 Å². The van der Waals surface area contributed by atoms with Gasteiger partial charge in [-0.25, -0.2) is 4.79 Å². The Hall–Kier alpha value is -3.13. The number of nitro groups is 1. The molecule has 26 heavy (non-hydrogen) atoms. The van der Waals surface area contributed by atoms with Crippen LogP contribution in [0, 0.1) is 17.0 Å². The number of nitrogens with zero attached hydrogens (tertiary/aromatic N) is 4. The van der Waals surface area contributed by atoms with Crippen molar-refractivity contribution in [3.63, 3.8) is 0 Å². The Balaban J connectivity index is 1.86. The second kappa shape index (κ2) is 6.64. The van der Waals surface area contributed by atoms with E-state index in [1.807, 2.05) is 26.1 Å². The molecular formula is C17H16ClN5O3. The highest BCUT2D eigenvalue weighted by Crippen LogP contribution is 2.32. The number of benzene rings is 2. The Morgan fingerprint density at radius 2 is 2.08 bits per heavy atom. The van der Waals surface area contributed by atoms with E-state index >= 15 is 0 Å². The summed E-state index contributed by atoms with van der Waals surface area (Å²) in [6.45, 7) is 1.97. The Morgan fingerprint density at radius 3 is 2.77 bits per heavy atom. The fourth-order valence-corrected chi connectivity index (χ4v) is 2.84. The summed E-state index contributed by atoms with van der Waals surface area (Å²) in [7, 11) is 3.45. The Kier molecular flexibility index (Phi) is 4.52. The summed E-state index contributed by atoms with van der Waals surface area (Å²) in [6.07, 6.45) is 0. The van der Waals surface area contributed by atoms with Gasteiger partial charge in [-0.2, -0.15) is 5.10 Å². The van der Waals surface area contributed by atoms with Crippen LogP contribution in [0.15, 0.2) is 36.4 Å². The van der Waals surface area contributed by atoms with Crippen LogP contribution in [-0.4, -0.2) is 27.8 Å². The van der Waals surface area contributed by atoms with Crippen LogP contribution in [0.25, 0.3) is 10.9 Å². The van der Waals surface area contributed by atoms with Crippen LogP contribution in [0.4, 0.5) is 21.9 Å². The van der Waals surface area contributed by atoms with Crippen LogP contribution in [0.5, 0.6) is 0 Å². The van der Waals surface area contributed by atoms with Gasteiger partial charge in [0, 0.05) is 36.9 Å². The molecule has 1 N–H and O–H groups in total. The number of amides is 2. The fraction of sp³-hybridized carbons (Fsp3) is 0.176. The number of anilines is 2. The predicted octanol–water partition coefficient (Wildman–Crippen LogP) is 4.11. The molecule has 1 aromatic heterocycles. The zero-order chi connectivity index (χ0) is 19.0. The van der Waals surface area contributed by atoms with E-state index in [-0.39, 0.29) is 16.4 Å². The summed E-state index contributed by atoms with van der Waals surface area (Å²) >= 11 is 6.01. The van der Waals surface area contributed by atoms with Crippen molar-refractivity contribution in [1.82, 2.24) is 9.78 Å². The first-order valence-electron chi connectivity index (χ1n) is 7.70. The molecule has 0 aliphatic heterocycles. The van der Waals surface area contributed by atoms with Gasteiger partial charge in [-0.05, 0) is 31.2 Å². The minimum Gasteiger partial charge on any atom is -0.306 e. The zero-order valence-corrected chi connectivity index (χ0v) is 15.1. The summed E-state index contributed by atoms with van der Waals surface area (Å²) in [5.41, 5.74) is 2.34. The van der Waals surface area contributed by atoms with E-state index in [9.17, 15) is 14.9 Å². The van der Waals surface area contributed by atoms with Gasteiger partial charge < -0.3 is 5.32 Å². The molecule has 0 radical (unpaired) electrons. The van der Waals surface area contributed by atoms with Gasteiger partial charge in [-0.1, -0.05) is 17.7 Å². The van der Waals surface area contributed by atoms with Gasteiger partial charge in [0.05, 0.1) is 16.1 Å². The molecule has 8 nitrogen and oxygen atoms in total. The van der Waals surface area contributed by atoms with Crippen molar-refractivity contribution in [3.05, 3.63) is 57.2 Å². The van der Waals surface area contributed by atoms with Crippen molar-refractivity contribution in [2.24, 2.45) is 7.05 Å². The standard InChI is InChI=1S/C17H16ClN5O3/c1-10-12-8-7-11(9-14(12)20-22(10)3)21(2)17(24)19-13-5-4-6-15(16(13)18)23(25)26/h4-9H,1-3H3,(H,19,24). The van der Waals surface area contributed by atoms with E-state index < -0.39 is 11.0 Å². The van der Waals surface area contributed by atoms with Crippen molar-refractivity contribution in [1.29, 1.82) is 0 Å². The normalized spacial score (nSPS) is 10.8. The number of aromatic nitrogens is 2. The van der Waals surface area contributed by atoms with E-state index in [0.717, 1.165) is 16.6 Å². The molecule has 9 heteroatoms. The summed E-state index contributed by atoms with van der Waals surface area (Å²) in [5, 5.41) is 18.8. The number of carbonyl (C=O) groups excluding carboxylic acids is 1. The van der Waals surface area contributed by atoms with Crippen LogP contribution >= 0.6 is 11.6 Å². The van der Waals surface area contributed by atoms with Crippen LogP contribution in [0.3, 0.4) is 0 Å². The molecule has 0 saturated carbocycles. The monoisotopic (exact) mass is 373 g/mol. The van der Waals surface area contributed by atoms with Gasteiger partial charge in [0.15, 0.2) is 0 Å². The molecule has 0 fully saturated rings. The number of nitro benzene ring substituents is 1. The van der Waals surface area contributed by atoms with Crippen molar-refractivity contribution in [2.45, 2.75) is 6.92 Å². The number of urea groups is 1. The highest BCUT2D eigenvalue weighted by molar-refractivity contribution is 6.35. The molecule has 3 rings (SSSR count). The molecule has 3 aromatic rings. The molecule has 0 aliphatic rings. The third-order valence-corrected chi connectivity index (χ3v) is 4.62. The maximum Gasteiger partial charge on any atom is 0.326 e. The lowest BCUT2D eigenvalue weighted by atomic mass is 10.2. The second-order valence-electron chi connectivity index (χ2n) is 5.80. The summed E-state index contributed by atoms with van der Waals surface area (Å²) in [6, 6.07) is 9.28. The van der Waals surface area contributed by atoms with Crippen LogP contribution in [-0.2, 0) is 7.05 Å². The highest BCUT2D eigenvalue weighted by atomic mass is 35.5. The number of halogens is 1. The molecule has 0 saturated heterocycles. The molecule has 0 aliphatic carbocycles. The summed E-state index contributed by atoms with van der Waals surface area (Å²) in [5.74, 6) is 0. The lowest BCUT2D eigenvalue weighted by Crippen LogP contribution is -2.31. The number of aryl methyl sites for hydroxylation is 2. The molecule has 0 unspecified atom stereocenters. The first-order valence-corrected chi connectivity index (χ1v) is 8.08. The van der Waals surface area contributed by atoms with E-state index in [1.54, 1.807) is 17.8 Å². The number of hydrogen-bond acceptors (Lipinski definition) is 4. The quantitative estimate of drug-likeness (QED) is 0.552. The lowest BCUT2D eigenvalue weighted by molar-refractivity contribution is -0.384. The molecule has 1 heterocycles. The minimum absolute atomic E-state index is 0.116. The third-order valence-electron chi connectivity index (χ3n) is 4.22. The van der Waals surface area contributed by atoms with Crippen molar-refractivity contribution >= 4 is 45.6 Å². The number of hydrogen-bond donors (Lipinski definition) is 1. The number of rotatable bonds is 3. The molecule has 134 valence electrons. The van der Waals surface area contributed by atoms with E-state index in [2.05, 4.69) is 10.4 Å². The molecule has 2 aromatic carbocycles. The summed E-state index contributed by atoms with van der Waals surface area (Å²) < 4.78 is 1.78. The van der Waals surface area contributed by atoms with E-state index in [0.29, 0.717) is 5.69 Å². The Bertz CT molecular complexity index is 1030. The molecule has 0 bridgehead atoms. The molecule has 2 amide bonds. The number of fused-ring (bicyclic) bond motifs is 1. The number of carbonyl (C=O) groups is 1. The van der Waals surface area contributed by atoms with Gasteiger partial charge in [0.2, 0.25) is 0 Å². The zero-order valence-electron chi connectivity index (χ0n) is 14.4. The van der Waals surface area contributed by atoms with Gasteiger partial charge in [-0.15, -0.1) is 0 Å². The lowest BCUT2D eigenvalue weighted by Gasteiger charge is -2.18. The topological polar surface area (TPSA) is 93.3 Å². The Labute approximate surface area is 154 Å². The van der Waals surface area contributed by atoms with E-state index in [4.69, 9.17) is 11.6 Å². The van der Waals surface area contributed by atoms with Gasteiger partial charge in [0.25, 0.3) is 5.69 Å². The van der Waals surface area contributed by atoms with Crippen molar-refractivity contribution in [3.8, 4) is 0 Å². The SMILES string of the molecule is Cc1c2ccc(N(C)C(=O)Nc3cccc([N+](=O)[O-])c3Cl)cc2nn1C. The van der Waals surface area contributed by atoms with E-state index in [1.165, 1.54) is 23.1 Å². The number of nitrogens with one attached hydrogen (secondary N) is 1. The third kappa shape index (κ3) is 3.06. The van der Waals surface area contributed by atoms with Gasteiger partial charge in [0.1, 0.15) is 5.02 Å². The minimum atomic E-state index is -0.598. The fourth-order valence-electron chi connectivity index (χ4n) is 2.60. The first-order chi connectivity index (χ1) is 12.3. The smallest absolute Gasteiger partial charge is 0.306 e. The van der Waals surface area contributed by atoms with Gasteiger partial charge >= 0.3 is 6.03 Å². The van der Waals surface area contributed by atoms with Crippen molar-refractivity contribution < 1.29 is 9.72 Å². The maximum atomic E-state index is 12.5. The van der Waals surface area contributed by atoms with Crippen LogP contribution in [0.2, 0.25) is 5.02 Å². The average molecular weight is 374 g/mol. The highest BCUT2D eigenvalue weighted by Gasteiger charge is 2.19. The molecular weight excluding hydrogens is 358 g/mol. The molecule has 0 spiro atoms. The van der Waals surface area contributed by atoms with Gasteiger partial charge in [-0.3, -0.25) is 19.7 Å². The largest absolute Gasteiger partial charge is 0.326 e.